The van der Waals surface area contributed by atoms with Crippen molar-refractivity contribution in [2.24, 2.45) is 13.0 Å². The number of rotatable bonds is 5. The number of piperidine rings is 1. The van der Waals surface area contributed by atoms with Crippen LogP contribution in [0.4, 0.5) is 0 Å². The van der Waals surface area contributed by atoms with E-state index in [1.165, 1.54) is 0 Å². The lowest BCUT2D eigenvalue weighted by molar-refractivity contribution is 0.281. The predicted octanol–water partition coefficient (Wildman–Crippen LogP) is 1.56. The van der Waals surface area contributed by atoms with E-state index in [1.54, 1.807) is 16.6 Å². The van der Waals surface area contributed by atoms with Crippen LogP contribution in [0.1, 0.15) is 32.4 Å². The van der Waals surface area contributed by atoms with E-state index in [0.29, 0.717) is 30.4 Å². The van der Waals surface area contributed by atoms with Crippen LogP contribution in [0.2, 0.25) is 0 Å². The standard InChI is InChI=1S/C14H25N3O2S/c1-4-15-9-13-8-14(11-16(13)3)20(18,19)17-7-5-6-12(2)10-17/h8,11-12,15H,4-7,9-10H2,1-3H3. The first-order chi connectivity index (χ1) is 9.45. The molecule has 1 atom stereocenters. The zero-order chi connectivity index (χ0) is 14.8. The van der Waals surface area contributed by atoms with E-state index in [1.807, 2.05) is 18.5 Å². The zero-order valence-corrected chi connectivity index (χ0v) is 13.4. The van der Waals surface area contributed by atoms with Gasteiger partial charge in [0.15, 0.2) is 0 Å². The van der Waals surface area contributed by atoms with Crippen molar-refractivity contribution in [2.75, 3.05) is 19.6 Å². The molecule has 0 amide bonds. The van der Waals surface area contributed by atoms with Crippen LogP contribution in [-0.4, -0.2) is 36.9 Å². The van der Waals surface area contributed by atoms with Crippen molar-refractivity contribution < 1.29 is 8.42 Å². The Hall–Kier alpha value is -0.850. The third-order valence-electron chi connectivity index (χ3n) is 3.90. The van der Waals surface area contributed by atoms with E-state index < -0.39 is 10.0 Å². The van der Waals surface area contributed by atoms with E-state index in [9.17, 15) is 8.42 Å². The van der Waals surface area contributed by atoms with Crippen molar-refractivity contribution in [1.29, 1.82) is 0 Å². The summed E-state index contributed by atoms with van der Waals surface area (Å²) >= 11 is 0. The second-order valence-corrected chi connectivity index (χ2v) is 7.61. The Bertz CT molecular complexity index is 551. The van der Waals surface area contributed by atoms with Gasteiger partial charge in [-0.2, -0.15) is 4.31 Å². The SMILES string of the molecule is CCNCc1cc(S(=O)(=O)N2CCCC(C)C2)cn1C. The molecule has 2 heterocycles. The third kappa shape index (κ3) is 3.24. The largest absolute Gasteiger partial charge is 0.352 e. The lowest BCUT2D eigenvalue weighted by atomic mass is 10.0. The average Bonchev–Trinajstić information content (AvgIpc) is 2.78. The zero-order valence-electron chi connectivity index (χ0n) is 12.6. The minimum atomic E-state index is -3.34. The highest BCUT2D eigenvalue weighted by atomic mass is 32.2. The maximum atomic E-state index is 12.7. The molecule has 1 aromatic rings. The van der Waals surface area contributed by atoms with Crippen molar-refractivity contribution in [3.8, 4) is 0 Å². The smallest absolute Gasteiger partial charge is 0.244 e. The number of nitrogens with one attached hydrogen (secondary N) is 1. The van der Waals surface area contributed by atoms with Crippen molar-refractivity contribution in [3.63, 3.8) is 0 Å². The average molecular weight is 299 g/mol. The molecule has 1 aliphatic rings. The van der Waals surface area contributed by atoms with Gasteiger partial charge in [-0.25, -0.2) is 8.42 Å². The Morgan fingerprint density at radius 1 is 1.45 bits per heavy atom. The van der Waals surface area contributed by atoms with Crippen LogP contribution in [0.15, 0.2) is 17.2 Å². The Balaban J connectivity index is 2.21. The van der Waals surface area contributed by atoms with Crippen LogP contribution in [-0.2, 0) is 23.6 Å². The molecule has 6 heteroatoms. The van der Waals surface area contributed by atoms with E-state index in [0.717, 1.165) is 25.1 Å². The molecule has 5 nitrogen and oxygen atoms in total. The van der Waals surface area contributed by atoms with E-state index in [2.05, 4.69) is 12.2 Å². The maximum absolute atomic E-state index is 12.7. The molecule has 0 spiro atoms. The topological polar surface area (TPSA) is 54.3 Å². The molecule has 0 saturated carbocycles. The van der Waals surface area contributed by atoms with Crippen molar-refractivity contribution >= 4 is 10.0 Å². The molecule has 2 rings (SSSR count). The molecule has 0 aromatic carbocycles. The van der Waals surface area contributed by atoms with Gasteiger partial charge in [-0.05, 0) is 31.4 Å². The Morgan fingerprint density at radius 3 is 2.85 bits per heavy atom. The molecule has 114 valence electrons. The first kappa shape index (κ1) is 15.5. The fourth-order valence-electron chi connectivity index (χ4n) is 2.66. The van der Waals surface area contributed by atoms with Gasteiger partial charge in [-0.3, -0.25) is 0 Å². The molecule has 1 saturated heterocycles. The molecule has 0 bridgehead atoms. The predicted molar refractivity (Wildman–Crippen MR) is 80.0 cm³/mol. The molecule has 0 aliphatic carbocycles. The maximum Gasteiger partial charge on any atom is 0.244 e. The quantitative estimate of drug-likeness (QED) is 0.897. The fourth-order valence-corrected chi connectivity index (χ4v) is 4.36. The minimum absolute atomic E-state index is 0.419. The Morgan fingerprint density at radius 2 is 2.20 bits per heavy atom. The molecule has 0 radical (unpaired) electrons. The van der Waals surface area contributed by atoms with E-state index in [4.69, 9.17) is 0 Å². The molecule has 20 heavy (non-hydrogen) atoms. The Kier molecular flexibility index (Phi) is 4.88. The monoisotopic (exact) mass is 299 g/mol. The van der Waals surface area contributed by atoms with Gasteiger partial charge in [-0.1, -0.05) is 13.8 Å². The summed E-state index contributed by atoms with van der Waals surface area (Å²) < 4.78 is 28.9. The van der Waals surface area contributed by atoms with Crippen LogP contribution in [0, 0.1) is 5.92 Å². The summed E-state index contributed by atoms with van der Waals surface area (Å²) in [5, 5.41) is 3.23. The fraction of sp³-hybridized carbons (Fsp3) is 0.714. The van der Waals surface area contributed by atoms with Crippen molar-refractivity contribution in [2.45, 2.75) is 38.1 Å². The molecule has 1 aromatic heterocycles. The van der Waals surface area contributed by atoms with Crippen molar-refractivity contribution in [3.05, 3.63) is 18.0 Å². The first-order valence-electron chi connectivity index (χ1n) is 7.31. The van der Waals surface area contributed by atoms with E-state index in [-0.39, 0.29) is 0 Å². The molecule has 1 aliphatic heterocycles. The lowest BCUT2D eigenvalue weighted by Crippen LogP contribution is -2.38. The minimum Gasteiger partial charge on any atom is -0.352 e. The summed E-state index contributed by atoms with van der Waals surface area (Å²) in [5.41, 5.74) is 0.996. The lowest BCUT2D eigenvalue weighted by Gasteiger charge is -2.29. The van der Waals surface area contributed by atoms with Crippen LogP contribution in [0.5, 0.6) is 0 Å². The number of nitrogens with zero attached hydrogens (tertiary/aromatic N) is 2. The van der Waals surface area contributed by atoms with E-state index >= 15 is 0 Å². The van der Waals surface area contributed by atoms with Gasteiger partial charge < -0.3 is 9.88 Å². The number of aromatic nitrogens is 1. The molecule has 1 unspecified atom stereocenters. The molecule has 1 fully saturated rings. The van der Waals surface area contributed by atoms with Gasteiger partial charge in [0.2, 0.25) is 10.0 Å². The summed E-state index contributed by atoms with van der Waals surface area (Å²) in [7, 11) is -1.44. The number of hydrogen-bond acceptors (Lipinski definition) is 3. The second kappa shape index (κ2) is 6.28. The van der Waals surface area contributed by atoms with Crippen LogP contribution in [0.25, 0.3) is 0 Å². The van der Waals surface area contributed by atoms with Crippen LogP contribution in [0.3, 0.4) is 0 Å². The summed E-state index contributed by atoms with van der Waals surface area (Å²) in [5.74, 6) is 0.448. The van der Waals surface area contributed by atoms with Gasteiger partial charge in [0, 0.05) is 38.6 Å². The normalized spacial score (nSPS) is 21.2. The van der Waals surface area contributed by atoms with Gasteiger partial charge in [0.25, 0.3) is 0 Å². The summed E-state index contributed by atoms with van der Waals surface area (Å²) in [4.78, 5) is 0.419. The van der Waals surface area contributed by atoms with Crippen LogP contribution >= 0.6 is 0 Å². The molecule has 1 N–H and O–H groups in total. The number of sulfonamides is 1. The molecular weight excluding hydrogens is 274 g/mol. The Labute approximate surface area is 122 Å². The summed E-state index contributed by atoms with van der Waals surface area (Å²) in [6.07, 6.45) is 3.80. The number of hydrogen-bond donors (Lipinski definition) is 1. The highest BCUT2D eigenvalue weighted by molar-refractivity contribution is 7.89. The highest BCUT2D eigenvalue weighted by Crippen LogP contribution is 2.24. The third-order valence-corrected chi connectivity index (χ3v) is 5.73. The summed E-state index contributed by atoms with van der Waals surface area (Å²) in [6, 6.07) is 1.79. The van der Waals surface area contributed by atoms with Crippen LogP contribution < -0.4 is 5.32 Å². The van der Waals surface area contributed by atoms with Crippen molar-refractivity contribution in [1.82, 2.24) is 14.2 Å². The highest BCUT2D eigenvalue weighted by Gasteiger charge is 2.29. The van der Waals surface area contributed by atoms with Gasteiger partial charge in [-0.15, -0.1) is 0 Å². The first-order valence-corrected chi connectivity index (χ1v) is 8.75. The summed E-state index contributed by atoms with van der Waals surface area (Å²) in [6.45, 7) is 7.00. The van der Waals surface area contributed by atoms with Gasteiger partial charge in [0.1, 0.15) is 4.90 Å². The second-order valence-electron chi connectivity index (χ2n) is 5.67. The van der Waals surface area contributed by atoms with Gasteiger partial charge in [0.05, 0.1) is 0 Å². The molecular formula is C14H25N3O2S. The number of aryl methyl sites for hydroxylation is 1. The van der Waals surface area contributed by atoms with Gasteiger partial charge >= 0.3 is 0 Å².